The summed E-state index contributed by atoms with van der Waals surface area (Å²) in [5.41, 5.74) is 2.20. The van der Waals surface area contributed by atoms with E-state index in [1.807, 2.05) is 6.07 Å². The lowest BCUT2D eigenvalue weighted by atomic mass is 9.91. The summed E-state index contributed by atoms with van der Waals surface area (Å²) in [6, 6.07) is 5.55. The monoisotopic (exact) mass is 222 g/mol. The highest BCUT2D eigenvalue weighted by atomic mass is 19.1. The van der Waals surface area contributed by atoms with Gasteiger partial charge in [-0.2, -0.15) is 0 Å². The first-order chi connectivity index (χ1) is 7.66. The SMILES string of the molecule is CC(C)NCC1CCNc2cc(F)ccc21. The van der Waals surface area contributed by atoms with Gasteiger partial charge in [-0.25, -0.2) is 4.39 Å². The molecule has 0 spiro atoms. The average molecular weight is 222 g/mol. The van der Waals surface area contributed by atoms with Crippen molar-refractivity contribution in [2.75, 3.05) is 18.4 Å². The summed E-state index contributed by atoms with van der Waals surface area (Å²) < 4.78 is 13.1. The maximum atomic E-state index is 13.1. The zero-order chi connectivity index (χ0) is 11.5. The highest BCUT2D eigenvalue weighted by Gasteiger charge is 2.20. The van der Waals surface area contributed by atoms with Crippen LogP contribution < -0.4 is 10.6 Å². The molecule has 88 valence electrons. The Balaban J connectivity index is 2.13. The predicted molar refractivity (Wildman–Crippen MR) is 65.4 cm³/mol. The van der Waals surface area contributed by atoms with Gasteiger partial charge in [0.1, 0.15) is 5.82 Å². The van der Waals surface area contributed by atoms with Crippen LogP contribution in [0.25, 0.3) is 0 Å². The first kappa shape index (κ1) is 11.4. The van der Waals surface area contributed by atoms with E-state index in [9.17, 15) is 4.39 Å². The van der Waals surface area contributed by atoms with E-state index in [2.05, 4.69) is 24.5 Å². The van der Waals surface area contributed by atoms with Crippen molar-refractivity contribution in [1.29, 1.82) is 0 Å². The second kappa shape index (κ2) is 4.83. The van der Waals surface area contributed by atoms with Crippen molar-refractivity contribution in [2.24, 2.45) is 0 Å². The first-order valence-electron chi connectivity index (χ1n) is 5.93. The lowest BCUT2D eigenvalue weighted by molar-refractivity contribution is 0.508. The molecule has 0 aliphatic carbocycles. The Hall–Kier alpha value is -1.09. The fraction of sp³-hybridized carbons (Fsp3) is 0.538. The van der Waals surface area contributed by atoms with E-state index in [1.165, 1.54) is 5.56 Å². The molecule has 0 radical (unpaired) electrons. The highest BCUT2D eigenvalue weighted by Crippen LogP contribution is 2.31. The standard InChI is InChI=1S/C13H19FN2/c1-9(2)16-8-10-5-6-15-13-7-11(14)3-4-12(10)13/h3-4,7,9-10,15-16H,5-6,8H2,1-2H3. The summed E-state index contributed by atoms with van der Waals surface area (Å²) in [5, 5.41) is 6.70. The topological polar surface area (TPSA) is 24.1 Å². The molecular formula is C13H19FN2. The quantitative estimate of drug-likeness (QED) is 0.821. The molecule has 16 heavy (non-hydrogen) atoms. The fourth-order valence-electron chi connectivity index (χ4n) is 2.16. The molecule has 0 saturated heterocycles. The third-order valence-electron chi connectivity index (χ3n) is 3.04. The Kier molecular flexibility index (Phi) is 3.44. The van der Waals surface area contributed by atoms with Crippen LogP contribution in [0.2, 0.25) is 0 Å². The van der Waals surface area contributed by atoms with Gasteiger partial charge in [-0.1, -0.05) is 19.9 Å². The maximum Gasteiger partial charge on any atom is 0.125 e. The number of halogens is 1. The van der Waals surface area contributed by atoms with Crippen LogP contribution >= 0.6 is 0 Å². The summed E-state index contributed by atoms with van der Waals surface area (Å²) in [6.07, 6.45) is 1.11. The van der Waals surface area contributed by atoms with Crippen LogP contribution in [0.5, 0.6) is 0 Å². The number of rotatable bonds is 3. The van der Waals surface area contributed by atoms with E-state index >= 15 is 0 Å². The molecular weight excluding hydrogens is 203 g/mol. The van der Waals surface area contributed by atoms with Crippen LogP contribution in [0, 0.1) is 5.82 Å². The van der Waals surface area contributed by atoms with Gasteiger partial charge in [0.05, 0.1) is 0 Å². The summed E-state index contributed by atoms with van der Waals surface area (Å²) in [6.45, 7) is 6.19. The molecule has 0 saturated carbocycles. The molecule has 0 amide bonds. The van der Waals surface area contributed by atoms with Crippen LogP contribution in [-0.2, 0) is 0 Å². The lowest BCUT2D eigenvalue weighted by Crippen LogP contribution is -2.31. The molecule has 3 heteroatoms. The highest BCUT2D eigenvalue weighted by molar-refractivity contribution is 5.55. The zero-order valence-corrected chi connectivity index (χ0v) is 9.89. The van der Waals surface area contributed by atoms with Crippen LogP contribution in [-0.4, -0.2) is 19.1 Å². The van der Waals surface area contributed by atoms with Crippen molar-refractivity contribution in [3.8, 4) is 0 Å². The molecule has 2 nitrogen and oxygen atoms in total. The molecule has 1 aromatic carbocycles. The van der Waals surface area contributed by atoms with Gasteiger partial charge in [-0.15, -0.1) is 0 Å². The predicted octanol–water partition coefficient (Wildman–Crippen LogP) is 2.72. The molecule has 1 atom stereocenters. The minimum Gasteiger partial charge on any atom is -0.385 e. The van der Waals surface area contributed by atoms with Crippen LogP contribution in [0.15, 0.2) is 18.2 Å². The van der Waals surface area contributed by atoms with Gasteiger partial charge in [0.2, 0.25) is 0 Å². The Bertz CT molecular complexity index is 363. The van der Waals surface area contributed by atoms with Gasteiger partial charge in [0.25, 0.3) is 0 Å². The van der Waals surface area contributed by atoms with E-state index in [4.69, 9.17) is 0 Å². The number of fused-ring (bicyclic) bond motifs is 1. The Labute approximate surface area is 96.2 Å². The number of hydrogen-bond donors (Lipinski definition) is 2. The summed E-state index contributed by atoms with van der Waals surface area (Å²) in [5.74, 6) is 0.336. The summed E-state index contributed by atoms with van der Waals surface area (Å²) >= 11 is 0. The Morgan fingerprint density at radius 2 is 2.31 bits per heavy atom. The lowest BCUT2D eigenvalue weighted by Gasteiger charge is -2.27. The molecule has 1 heterocycles. The van der Waals surface area contributed by atoms with Crippen LogP contribution in [0.3, 0.4) is 0 Å². The van der Waals surface area contributed by atoms with Crippen LogP contribution in [0.1, 0.15) is 31.7 Å². The maximum absolute atomic E-state index is 13.1. The largest absolute Gasteiger partial charge is 0.385 e. The third kappa shape index (κ3) is 2.53. The first-order valence-corrected chi connectivity index (χ1v) is 5.93. The van der Waals surface area contributed by atoms with E-state index < -0.39 is 0 Å². The minimum absolute atomic E-state index is 0.163. The summed E-state index contributed by atoms with van der Waals surface area (Å²) in [7, 11) is 0. The second-order valence-electron chi connectivity index (χ2n) is 4.71. The van der Waals surface area contributed by atoms with E-state index in [0.29, 0.717) is 12.0 Å². The van der Waals surface area contributed by atoms with Gasteiger partial charge < -0.3 is 10.6 Å². The Morgan fingerprint density at radius 1 is 1.50 bits per heavy atom. The molecule has 2 rings (SSSR count). The van der Waals surface area contributed by atoms with Crippen molar-refractivity contribution in [3.63, 3.8) is 0 Å². The van der Waals surface area contributed by atoms with E-state index in [-0.39, 0.29) is 5.82 Å². The van der Waals surface area contributed by atoms with Crippen molar-refractivity contribution >= 4 is 5.69 Å². The molecule has 1 aromatic rings. The van der Waals surface area contributed by atoms with Gasteiger partial charge >= 0.3 is 0 Å². The molecule has 0 aromatic heterocycles. The van der Waals surface area contributed by atoms with Gasteiger partial charge in [0.15, 0.2) is 0 Å². The van der Waals surface area contributed by atoms with Crippen molar-refractivity contribution in [2.45, 2.75) is 32.2 Å². The molecule has 0 bridgehead atoms. The zero-order valence-electron chi connectivity index (χ0n) is 9.89. The normalized spacial score (nSPS) is 19.4. The molecule has 0 fully saturated rings. The average Bonchev–Trinajstić information content (AvgIpc) is 2.25. The molecule has 2 N–H and O–H groups in total. The molecule has 1 aliphatic rings. The smallest absolute Gasteiger partial charge is 0.125 e. The molecule has 1 aliphatic heterocycles. The summed E-state index contributed by atoms with van der Waals surface area (Å²) in [4.78, 5) is 0. The van der Waals surface area contributed by atoms with Crippen LogP contribution in [0.4, 0.5) is 10.1 Å². The number of nitrogens with one attached hydrogen (secondary N) is 2. The fourth-order valence-corrected chi connectivity index (χ4v) is 2.16. The number of hydrogen-bond acceptors (Lipinski definition) is 2. The number of anilines is 1. The molecule has 1 unspecified atom stereocenters. The van der Waals surface area contributed by atoms with Gasteiger partial charge in [0, 0.05) is 30.7 Å². The van der Waals surface area contributed by atoms with Gasteiger partial charge in [-0.3, -0.25) is 0 Å². The van der Waals surface area contributed by atoms with Crippen molar-refractivity contribution in [3.05, 3.63) is 29.6 Å². The Morgan fingerprint density at radius 3 is 3.06 bits per heavy atom. The second-order valence-corrected chi connectivity index (χ2v) is 4.71. The third-order valence-corrected chi connectivity index (χ3v) is 3.04. The van der Waals surface area contributed by atoms with Gasteiger partial charge in [-0.05, 0) is 24.1 Å². The van der Waals surface area contributed by atoms with Crippen molar-refractivity contribution in [1.82, 2.24) is 5.32 Å². The number of benzene rings is 1. The van der Waals surface area contributed by atoms with E-state index in [0.717, 1.165) is 25.2 Å². The van der Waals surface area contributed by atoms with E-state index in [1.54, 1.807) is 12.1 Å². The van der Waals surface area contributed by atoms with Crippen molar-refractivity contribution < 1.29 is 4.39 Å². The minimum atomic E-state index is -0.163.